The number of fused-ring (bicyclic) bond motifs is 1. The largest absolute Gasteiger partial charge is 0.398 e. The van der Waals surface area contributed by atoms with Crippen LogP contribution in [0.3, 0.4) is 0 Å². The fraction of sp³-hybridized carbons (Fsp3) is 0.571. The third-order valence-electron chi connectivity index (χ3n) is 4.42. The van der Waals surface area contributed by atoms with Crippen LogP contribution in [-0.4, -0.2) is 38.5 Å². The van der Waals surface area contributed by atoms with Crippen molar-refractivity contribution in [2.75, 3.05) is 18.8 Å². The quantitative estimate of drug-likeness (QED) is 0.825. The molecule has 0 spiro atoms. The Labute approximate surface area is 124 Å². The number of hydrogen-bond donors (Lipinski definition) is 2. The minimum atomic E-state index is -3.71. The molecule has 3 rings (SSSR count). The standard InChI is InChI=1S/C14H20FN3O2S/c15-10-4-5-14(11(16)9-10)21(19,20)17-12-6-8-18-7-2-1-3-13(12)18/h4-5,9,12-13,17H,1-3,6-8,16H2. The van der Waals surface area contributed by atoms with Crippen molar-refractivity contribution < 1.29 is 12.8 Å². The van der Waals surface area contributed by atoms with Crippen molar-refractivity contribution in [1.29, 1.82) is 0 Å². The fourth-order valence-corrected chi connectivity index (χ4v) is 4.83. The summed E-state index contributed by atoms with van der Waals surface area (Å²) in [6.07, 6.45) is 4.15. The molecule has 2 aliphatic rings. The monoisotopic (exact) mass is 313 g/mol. The Morgan fingerprint density at radius 1 is 1.24 bits per heavy atom. The molecule has 1 aromatic carbocycles. The summed E-state index contributed by atoms with van der Waals surface area (Å²) in [5.74, 6) is -0.536. The summed E-state index contributed by atoms with van der Waals surface area (Å²) in [4.78, 5) is 2.31. The molecule has 0 radical (unpaired) electrons. The van der Waals surface area contributed by atoms with E-state index in [9.17, 15) is 12.8 Å². The van der Waals surface area contributed by atoms with Gasteiger partial charge in [-0.2, -0.15) is 0 Å². The Bertz CT molecular complexity index is 635. The summed E-state index contributed by atoms with van der Waals surface area (Å²) < 4.78 is 40.7. The second-order valence-electron chi connectivity index (χ2n) is 5.80. The van der Waals surface area contributed by atoms with Crippen LogP contribution in [0.25, 0.3) is 0 Å². The first-order chi connectivity index (χ1) is 9.97. The maximum Gasteiger partial charge on any atom is 0.242 e. The maximum absolute atomic E-state index is 13.1. The van der Waals surface area contributed by atoms with Gasteiger partial charge in [0.25, 0.3) is 0 Å². The van der Waals surface area contributed by atoms with Crippen LogP contribution in [0.5, 0.6) is 0 Å². The Morgan fingerprint density at radius 2 is 2.05 bits per heavy atom. The lowest BCUT2D eigenvalue weighted by atomic mass is 10.00. The second-order valence-corrected chi connectivity index (χ2v) is 7.48. The molecule has 0 aliphatic carbocycles. The number of anilines is 1. The SMILES string of the molecule is Nc1cc(F)ccc1S(=O)(=O)NC1CCN2CCCCC12. The van der Waals surface area contributed by atoms with Crippen LogP contribution in [0.2, 0.25) is 0 Å². The zero-order valence-corrected chi connectivity index (χ0v) is 12.6. The van der Waals surface area contributed by atoms with E-state index >= 15 is 0 Å². The maximum atomic E-state index is 13.1. The lowest BCUT2D eigenvalue weighted by molar-refractivity contribution is 0.186. The minimum absolute atomic E-state index is 0.0434. The van der Waals surface area contributed by atoms with Crippen LogP contribution in [-0.2, 0) is 10.0 Å². The van der Waals surface area contributed by atoms with E-state index < -0.39 is 15.8 Å². The highest BCUT2D eigenvalue weighted by molar-refractivity contribution is 7.89. The molecule has 2 unspecified atom stereocenters. The molecule has 5 nitrogen and oxygen atoms in total. The highest BCUT2D eigenvalue weighted by atomic mass is 32.2. The van der Waals surface area contributed by atoms with Crippen LogP contribution < -0.4 is 10.5 Å². The van der Waals surface area contributed by atoms with Gasteiger partial charge in [-0.3, -0.25) is 4.90 Å². The number of piperidine rings is 1. The zero-order valence-electron chi connectivity index (χ0n) is 11.8. The van der Waals surface area contributed by atoms with Crippen LogP contribution >= 0.6 is 0 Å². The highest BCUT2D eigenvalue weighted by Gasteiger charge is 2.38. The second kappa shape index (κ2) is 5.55. The minimum Gasteiger partial charge on any atom is -0.398 e. The number of benzene rings is 1. The molecule has 2 fully saturated rings. The van der Waals surface area contributed by atoms with E-state index in [0.717, 1.165) is 44.5 Å². The summed E-state index contributed by atoms with van der Waals surface area (Å²) in [5, 5.41) is 0. The first kappa shape index (κ1) is 14.7. The van der Waals surface area contributed by atoms with Gasteiger partial charge in [-0.1, -0.05) is 6.42 Å². The summed E-state index contributed by atoms with van der Waals surface area (Å²) in [6.45, 7) is 1.97. The lowest BCUT2D eigenvalue weighted by Crippen LogP contribution is -2.46. The Hall–Kier alpha value is -1.18. The molecular formula is C14H20FN3O2S. The zero-order chi connectivity index (χ0) is 15.0. The third-order valence-corrected chi connectivity index (χ3v) is 5.99. The first-order valence-corrected chi connectivity index (χ1v) is 8.77. The predicted octanol–water partition coefficient (Wildman–Crippen LogP) is 1.31. The van der Waals surface area contributed by atoms with Crippen molar-refractivity contribution in [3.8, 4) is 0 Å². The third kappa shape index (κ3) is 2.90. The van der Waals surface area contributed by atoms with Crippen LogP contribution in [0, 0.1) is 5.82 Å². The molecule has 2 aliphatic heterocycles. The van der Waals surface area contributed by atoms with Crippen molar-refractivity contribution in [3.63, 3.8) is 0 Å². The van der Waals surface area contributed by atoms with Crippen molar-refractivity contribution in [2.45, 2.75) is 42.7 Å². The van der Waals surface area contributed by atoms with Gasteiger partial charge in [0.2, 0.25) is 10.0 Å². The molecule has 0 bridgehead atoms. The molecule has 2 atom stereocenters. The van der Waals surface area contributed by atoms with Gasteiger partial charge in [0.15, 0.2) is 0 Å². The number of halogens is 1. The summed E-state index contributed by atoms with van der Waals surface area (Å²) in [7, 11) is -3.71. The van der Waals surface area contributed by atoms with Crippen molar-refractivity contribution in [1.82, 2.24) is 9.62 Å². The van der Waals surface area contributed by atoms with Gasteiger partial charge < -0.3 is 5.73 Å². The number of nitrogen functional groups attached to an aromatic ring is 1. The van der Waals surface area contributed by atoms with E-state index in [1.807, 2.05) is 0 Å². The van der Waals surface area contributed by atoms with Crippen LogP contribution in [0.4, 0.5) is 10.1 Å². The van der Waals surface area contributed by atoms with Crippen molar-refractivity contribution in [3.05, 3.63) is 24.0 Å². The summed E-state index contributed by atoms with van der Waals surface area (Å²) in [5.41, 5.74) is 5.59. The van der Waals surface area contributed by atoms with Crippen LogP contribution in [0.1, 0.15) is 25.7 Å². The van der Waals surface area contributed by atoms with Crippen LogP contribution in [0.15, 0.2) is 23.1 Å². The topological polar surface area (TPSA) is 75.4 Å². The molecule has 0 amide bonds. The predicted molar refractivity (Wildman–Crippen MR) is 78.8 cm³/mol. The van der Waals surface area contributed by atoms with Gasteiger partial charge in [-0.05, 0) is 44.0 Å². The van der Waals surface area contributed by atoms with Gasteiger partial charge in [-0.25, -0.2) is 17.5 Å². The van der Waals surface area contributed by atoms with E-state index in [4.69, 9.17) is 5.73 Å². The number of nitrogens with one attached hydrogen (secondary N) is 1. The van der Waals surface area contributed by atoms with E-state index in [1.165, 1.54) is 12.5 Å². The Morgan fingerprint density at radius 3 is 2.81 bits per heavy atom. The van der Waals surface area contributed by atoms with Gasteiger partial charge in [-0.15, -0.1) is 0 Å². The highest BCUT2D eigenvalue weighted by Crippen LogP contribution is 2.29. The molecule has 2 heterocycles. The molecule has 3 N–H and O–H groups in total. The molecule has 1 aromatic rings. The number of sulfonamides is 1. The lowest BCUT2D eigenvalue weighted by Gasteiger charge is -2.32. The average molecular weight is 313 g/mol. The molecule has 0 saturated carbocycles. The Kier molecular flexibility index (Phi) is 3.90. The average Bonchev–Trinajstić information content (AvgIpc) is 2.81. The molecule has 2 saturated heterocycles. The van der Waals surface area contributed by atoms with E-state index in [0.29, 0.717) is 0 Å². The molecule has 7 heteroatoms. The fourth-order valence-electron chi connectivity index (χ4n) is 3.41. The van der Waals surface area contributed by atoms with Crippen molar-refractivity contribution >= 4 is 15.7 Å². The number of nitrogens with two attached hydrogens (primary N) is 1. The number of nitrogens with zero attached hydrogens (tertiary/aromatic N) is 1. The molecule has 0 aromatic heterocycles. The first-order valence-electron chi connectivity index (χ1n) is 7.29. The van der Waals surface area contributed by atoms with Gasteiger partial charge in [0, 0.05) is 18.6 Å². The van der Waals surface area contributed by atoms with Gasteiger partial charge >= 0.3 is 0 Å². The van der Waals surface area contributed by atoms with Crippen molar-refractivity contribution in [2.24, 2.45) is 0 Å². The summed E-state index contributed by atoms with van der Waals surface area (Å²) in [6, 6.07) is 3.57. The normalized spacial score (nSPS) is 26.7. The van der Waals surface area contributed by atoms with E-state index in [1.54, 1.807) is 0 Å². The molecule has 21 heavy (non-hydrogen) atoms. The van der Waals surface area contributed by atoms with E-state index in [2.05, 4.69) is 9.62 Å². The molecular weight excluding hydrogens is 293 g/mol. The summed E-state index contributed by atoms with van der Waals surface area (Å²) >= 11 is 0. The molecule has 116 valence electrons. The number of rotatable bonds is 3. The van der Waals surface area contributed by atoms with E-state index in [-0.39, 0.29) is 22.7 Å². The number of hydrogen-bond acceptors (Lipinski definition) is 4. The smallest absolute Gasteiger partial charge is 0.242 e. The Balaban J connectivity index is 1.80. The van der Waals surface area contributed by atoms with Gasteiger partial charge in [0.1, 0.15) is 10.7 Å². The van der Waals surface area contributed by atoms with Gasteiger partial charge in [0.05, 0.1) is 5.69 Å².